The molecule has 0 fully saturated rings. The van der Waals surface area contributed by atoms with E-state index >= 15 is 0 Å². The van der Waals surface area contributed by atoms with Crippen LogP contribution in [0.1, 0.15) is 33.1 Å². The molecule has 15 heavy (non-hydrogen) atoms. The molecule has 1 amide bonds. The maximum absolute atomic E-state index is 11.7. The molecule has 1 unspecified atom stereocenters. The second-order valence-corrected chi connectivity index (χ2v) is 3.46. The van der Waals surface area contributed by atoms with Crippen LogP contribution in [0, 0.1) is 0 Å². The van der Waals surface area contributed by atoms with E-state index in [0.29, 0.717) is 13.0 Å². The maximum Gasteiger partial charge on any atom is 0.305 e. The highest BCUT2D eigenvalue weighted by Gasteiger charge is 2.19. The van der Waals surface area contributed by atoms with E-state index in [1.807, 2.05) is 13.8 Å². The largest absolute Gasteiger partial charge is 0.481 e. The number of aliphatic carboxylic acids is 1. The van der Waals surface area contributed by atoms with Crippen molar-refractivity contribution in [2.45, 2.75) is 39.2 Å². The van der Waals surface area contributed by atoms with E-state index in [2.05, 4.69) is 0 Å². The number of carboxylic acid groups (broad SMARTS) is 1. The summed E-state index contributed by atoms with van der Waals surface area (Å²) in [5, 5.41) is 8.51. The molecular weight excluding hydrogens is 196 g/mol. The number of rotatable bonds is 7. The van der Waals surface area contributed by atoms with Crippen LogP contribution in [-0.2, 0) is 9.59 Å². The van der Waals surface area contributed by atoms with Crippen molar-refractivity contribution in [3.63, 3.8) is 0 Å². The fourth-order valence-electron chi connectivity index (χ4n) is 1.32. The van der Waals surface area contributed by atoms with Gasteiger partial charge in [0.2, 0.25) is 5.91 Å². The summed E-state index contributed by atoms with van der Waals surface area (Å²) < 4.78 is 0. The maximum atomic E-state index is 11.7. The number of carbonyl (C=O) groups excluding carboxylic acids is 1. The van der Waals surface area contributed by atoms with Gasteiger partial charge in [-0.15, -0.1) is 0 Å². The smallest absolute Gasteiger partial charge is 0.305 e. The lowest BCUT2D eigenvalue weighted by molar-refractivity contribution is -0.138. The first-order valence-electron chi connectivity index (χ1n) is 5.29. The molecular formula is C10H20N2O3. The lowest BCUT2D eigenvalue weighted by Gasteiger charge is -2.23. The minimum absolute atomic E-state index is 0.0293. The predicted octanol–water partition coefficient (Wildman–Crippen LogP) is 0.437. The van der Waals surface area contributed by atoms with Crippen LogP contribution in [0.25, 0.3) is 0 Å². The number of carbonyl (C=O) groups is 2. The zero-order chi connectivity index (χ0) is 11.8. The number of hydrogen-bond donors (Lipinski definition) is 2. The first-order chi connectivity index (χ1) is 7.02. The highest BCUT2D eigenvalue weighted by molar-refractivity contribution is 5.82. The van der Waals surface area contributed by atoms with Crippen molar-refractivity contribution in [1.82, 2.24) is 4.90 Å². The first-order valence-corrected chi connectivity index (χ1v) is 5.29. The van der Waals surface area contributed by atoms with Gasteiger partial charge in [0.25, 0.3) is 0 Å². The molecule has 0 saturated heterocycles. The Hall–Kier alpha value is -1.10. The molecule has 0 aromatic rings. The van der Waals surface area contributed by atoms with Crippen LogP contribution >= 0.6 is 0 Å². The van der Waals surface area contributed by atoms with Gasteiger partial charge in [-0.25, -0.2) is 0 Å². The number of carboxylic acids is 1. The minimum atomic E-state index is -0.898. The fourth-order valence-corrected chi connectivity index (χ4v) is 1.32. The van der Waals surface area contributed by atoms with Gasteiger partial charge >= 0.3 is 5.97 Å². The highest BCUT2D eigenvalue weighted by Crippen LogP contribution is 2.01. The predicted molar refractivity (Wildman–Crippen MR) is 57.4 cm³/mol. The van der Waals surface area contributed by atoms with Gasteiger partial charge in [0.15, 0.2) is 0 Å². The normalized spacial score (nSPS) is 12.2. The minimum Gasteiger partial charge on any atom is -0.481 e. The molecule has 0 aliphatic heterocycles. The van der Waals surface area contributed by atoms with Gasteiger partial charge < -0.3 is 15.7 Å². The molecule has 5 heteroatoms. The van der Waals surface area contributed by atoms with Crippen molar-refractivity contribution in [3.8, 4) is 0 Å². The Morgan fingerprint density at radius 2 is 2.00 bits per heavy atom. The summed E-state index contributed by atoms with van der Waals surface area (Å²) >= 11 is 0. The number of likely N-dealkylation sites (N-methyl/N-ethyl adjacent to an activating group) is 1. The van der Waals surface area contributed by atoms with Gasteiger partial charge in [-0.2, -0.15) is 0 Å². The van der Waals surface area contributed by atoms with Crippen LogP contribution < -0.4 is 5.73 Å². The van der Waals surface area contributed by atoms with Gasteiger partial charge in [0.05, 0.1) is 12.5 Å². The van der Waals surface area contributed by atoms with Crippen molar-refractivity contribution >= 4 is 11.9 Å². The van der Waals surface area contributed by atoms with E-state index in [4.69, 9.17) is 10.8 Å². The molecule has 88 valence electrons. The molecule has 0 heterocycles. The average Bonchev–Trinajstić information content (AvgIpc) is 2.18. The third kappa shape index (κ3) is 5.37. The third-order valence-electron chi connectivity index (χ3n) is 2.21. The summed E-state index contributed by atoms with van der Waals surface area (Å²) in [5.41, 5.74) is 5.67. The van der Waals surface area contributed by atoms with Gasteiger partial charge in [-0.1, -0.05) is 13.3 Å². The zero-order valence-electron chi connectivity index (χ0n) is 9.40. The molecule has 0 aromatic carbocycles. The van der Waals surface area contributed by atoms with Crippen molar-refractivity contribution in [2.24, 2.45) is 5.73 Å². The second-order valence-electron chi connectivity index (χ2n) is 3.46. The number of amides is 1. The average molecular weight is 216 g/mol. The summed E-state index contributed by atoms with van der Waals surface area (Å²) in [5.74, 6) is -1.05. The van der Waals surface area contributed by atoms with Gasteiger partial charge in [-0.3, -0.25) is 9.59 Å². The molecule has 1 atom stereocenters. The van der Waals surface area contributed by atoms with Crippen molar-refractivity contribution in [2.75, 3.05) is 13.1 Å². The highest BCUT2D eigenvalue weighted by atomic mass is 16.4. The first kappa shape index (κ1) is 13.9. The van der Waals surface area contributed by atoms with Crippen LogP contribution in [0.3, 0.4) is 0 Å². The Labute approximate surface area is 90.2 Å². The molecule has 0 bridgehead atoms. The zero-order valence-corrected chi connectivity index (χ0v) is 9.40. The fraction of sp³-hybridized carbons (Fsp3) is 0.800. The van der Waals surface area contributed by atoms with E-state index in [9.17, 15) is 9.59 Å². The molecule has 0 aromatic heterocycles. The molecule has 0 rings (SSSR count). The standard InChI is InChI=1S/C10H20N2O3/c1-3-5-8(11)10(15)12(4-2)7-6-9(13)14/h8H,3-7,11H2,1-2H3,(H,13,14). The van der Waals surface area contributed by atoms with E-state index in [1.54, 1.807) is 0 Å². The lowest BCUT2D eigenvalue weighted by Crippen LogP contribution is -2.44. The SMILES string of the molecule is CCCC(N)C(=O)N(CC)CCC(=O)O. The van der Waals surface area contributed by atoms with E-state index in [-0.39, 0.29) is 18.9 Å². The van der Waals surface area contributed by atoms with Gasteiger partial charge in [0, 0.05) is 13.1 Å². The number of hydrogen-bond acceptors (Lipinski definition) is 3. The molecule has 0 saturated carbocycles. The van der Waals surface area contributed by atoms with E-state index < -0.39 is 12.0 Å². The van der Waals surface area contributed by atoms with Gasteiger partial charge in [-0.05, 0) is 13.3 Å². The quantitative estimate of drug-likeness (QED) is 0.646. The van der Waals surface area contributed by atoms with Crippen molar-refractivity contribution in [1.29, 1.82) is 0 Å². The second kappa shape index (κ2) is 7.23. The third-order valence-corrected chi connectivity index (χ3v) is 2.21. The topological polar surface area (TPSA) is 83.6 Å². The van der Waals surface area contributed by atoms with Crippen LogP contribution in [0.15, 0.2) is 0 Å². The van der Waals surface area contributed by atoms with Gasteiger partial charge in [0.1, 0.15) is 0 Å². The van der Waals surface area contributed by atoms with Crippen LogP contribution in [-0.4, -0.2) is 41.0 Å². The van der Waals surface area contributed by atoms with E-state index in [0.717, 1.165) is 6.42 Å². The molecule has 0 aliphatic carbocycles. The summed E-state index contributed by atoms with van der Waals surface area (Å²) in [7, 11) is 0. The van der Waals surface area contributed by atoms with Crippen molar-refractivity contribution < 1.29 is 14.7 Å². The monoisotopic (exact) mass is 216 g/mol. The molecule has 3 N–H and O–H groups in total. The van der Waals surface area contributed by atoms with Crippen LogP contribution in [0.5, 0.6) is 0 Å². The Morgan fingerprint density at radius 3 is 2.40 bits per heavy atom. The van der Waals surface area contributed by atoms with Crippen LogP contribution in [0.2, 0.25) is 0 Å². The summed E-state index contributed by atoms with van der Waals surface area (Å²) in [4.78, 5) is 23.5. The Balaban J connectivity index is 4.14. The number of nitrogens with zero attached hydrogens (tertiary/aromatic N) is 1. The molecule has 5 nitrogen and oxygen atoms in total. The Morgan fingerprint density at radius 1 is 1.40 bits per heavy atom. The Kier molecular flexibility index (Phi) is 6.70. The Bertz CT molecular complexity index is 219. The lowest BCUT2D eigenvalue weighted by atomic mass is 10.1. The van der Waals surface area contributed by atoms with Crippen molar-refractivity contribution in [3.05, 3.63) is 0 Å². The summed E-state index contributed by atoms with van der Waals surface area (Å²) in [6.07, 6.45) is 1.46. The number of nitrogens with two attached hydrogens (primary N) is 1. The molecule has 0 aliphatic rings. The van der Waals surface area contributed by atoms with E-state index in [1.165, 1.54) is 4.90 Å². The summed E-state index contributed by atoms with van der Waals surface area (Å²) in [6, 6.07) is -0.497. The van der Waals surface area contributed by atoms with Crippen LogP contribution in [0.4, 0.5) is 0 Å². The molecule has 0 radical (unpaired) electrons. The summed E-state index contributed by atoms with van der Waals surface area (Å²) in [6.45, 7) is 4.52. The molecule has 0 spiro atoms.